The Morgan fingerprint density at radius 1 is 1.10 bits per heavy atom. The second kappa shape index (κ2) is 8.46. The Bertz CT molecular complexity index is 919. The van der Waals surface area contributed by atoms with Crippen molar-refractivity contribution in [1.29, 1.82) is 0 Å². The van der Waals surface area contributed by atoms with Crippen molar-refractivity contribution in [3.8, 4) is 11.5 Å². The molecule has 2 heterocycles. The zero-order chi connectivity index (χ0) is 21.1. The summed E-state index contributed by atoms with van der Waals surface area (Å²) in [6.07, 6.45) is 3.10. The Kier molecular flexibility index (Phi) is 6.00. The van der Waals surface area contributed by atoms with Crippen LogP contribution < -0.4 is 9.47 Å². The van der Waals surface area contributed by atoms with Gasteiger partial charge in [0, 0.05) is 26.8 Å². The van der Waals surface area contributed by atoms with Crippen LogP contribution in [0.3, 0.4) is 0 Å². The van der Waals surface area contributed by atoms with E-state index in [2.05, 4.69) is 4.99 Å². The lowest BCUT2D eigenvalue weighted by Crippen LogP contribution is -2.59. The van der Waals surface area contributed by atoms with E-state index >= 15 is 0 Å². The van der Waals surface area contributed by atoms with Gasteiger partial charge in [-0.25, -0.2) is 9.79 Å². The molecular weight excluding hydrogens is 372 g/mol. The highest BCUT2D eigenvalue weighted by Crippen LogP contribution is 2.29. The van der Waals surface area contributed by atoms with E-state index in [4.69, 9.17) is 14.5 Å². The third kappa shape index (κ3) is 3.74. The summed E-state index contributed by atoms with van der Waals surface area (Å²) in [7, 11) is 6.32. The van der Waals surface area contributed by atoms with Crippen LogP contribution in [0.1, 0.15) is 18.9 Å². The molecule has 1 atom stereocenters. The average Bonchev–Trinajstić information content (AvgIpc) is 2.75. The zero-order valence-electron chi connectivity index (χ0n) is 17.4. The zero-order valence-corrected chi connectivity index (χ0v) is 17.4. The van der Waals surface area contributed by atoms with Gasteiger partial charge in [0.1, 0.15) is 11.8 Å². The summed E-state index contributed by atoms with van der Waals surface area (Å²) in [4.78, 5) is 36.8. The van der Waals surface area contributed by atoms with Gasteiger partial charge >= 0.3 is 6.03 Å². The van der Waals surface area contributed by atoms with Crippen LogP contribution in [0.2, 0.25) is 0 Å². The standard InChI is InChI=1S/C21H26N4O4/c1-6-14-12-23-19-17(20(26)25(3)21(27)24(19)2)18(14)22-10-9-13-7-8-15(28-4)16(11-13)29-5/h7-8,11-12,17H,6,9-10H2,1-5H3. The number of benzene rings is 1. The molecule has 29 heavy (non-hydrogen) atoms. The number of rotatable bonds is 6. The first-order valence-corrected chi connectivity index (χ1v) is 9.50. The second-order valence-electron chi connectivity index (χ2n) is 6.87. The fourth-order valence-electron chi connectivity index (χ4n) is 3.52. The number of ether oxygens (including phenoxy) is 2. The van der Waals surface area contributed by atoms with Gasteiger partial charge in [0.05, 0.1) is 19.9 Å². The summed E-state index contributed by atoms with van der Waals surface area (Å²) in [6, 6.07) is 5.38. The maximum Gasteiger partial charge on any atom is 0.331 e. The summed E-state index contributed by atoms with van der Waals surface area (Å²) in [5, 5.41) is 0. The van der Waals surface area contributed by atoms with E-state index in [0.717, 1.165) is 16.0 Å². The number of methoxy groups -OCH3 is 2. The number of carbonyl (C=O) groups excluding carboxylic acids is 2. The van der Waals surface area contributed by atoms with Gasteiger partial charge in [-0.1, -0.05) is 13.0 Å². The summed E-state index contributed by atoms with van der Waals surface area (Å²) in [5.74, 6) is 0.836. The van der Waals surface area contributed by atoms with Gasteiger partial charge < -0.3 is 9.47 Å². The average molecular weight is 398 g/mol. The molecule has 3 rings (SSSR count). The van der Waals surface area contributed by atoms with Crippen LogP contribution in [0, 0.1) is 5.92 Å². The summed E-state index contributed by atoms with van der Waals surface area (Å²) in [6.45, 7) is 2.50. The highest BCUT2D eigenvalue weighted by Gasteiger charge is 2.45. The molecule has 2 aliphatic heterocycles. The molecule has 154 valence electrons. The predicted molar refractivity (Wildman–Crippen MR) is 111 cm³/mol. The van der Waals surface area contributed by atoms with E-state index in [-0.39, 0.29) is 11.9 Å². The largest absolute Gasteiger partial charge is 0.493 e. The Balaban J connectivity index is 1.85. The first-order valence-electron chi connectivity index (χ1n) is 9.50. The highest BCUT2D eigenvalue weighted by atomic mass is 16.5. The minimum Gasteiger partial charge on any atom is -0.493 e. The molecule has 0 radical (unpaired) electrons. The monoisotopic (exact) mass is 398 g/mol. The summed E-state index contributed by atoms with van der Waals surface area (Å²) >= 11 is 0. The number of carbonyl (C=O) groups is 2. The number of nitrogens with zero attached hydrogens (tertiary/aromatic N) is 4. The fraction of sp³-hybridized carbons (Fsp3) is 0.429. The number of amides is 3. The lowest BCUT2D eigenvalue weighted by atomic mass is 9.89. The van der Waals surface area contributed by atoms with Gasteiger partial charge in [-0.15, -0.1) is 0 Å². The maximum absolute atomic E-state index is 12.8. The van der Waals surface area contributed by atoms with E-state index in [9.17, 15) is 9.59 Å². The normalized spacial score (nSPS) is 20.4. The van der Waals surface area contributed by atoms with Gasteiger partial charge in [-0.05, 0) is 36.1 Å². The molecule has 2 aliphatic rings. The molecule has 0 aliphatic carbocycles. The minimum atomic E-state index is -0.645. The number of imide groups is 1. The van der Waals surface area contributed by atoms with Crippen molar-refractivity contribution in [1.82, 2.24) is 9.80 Å². The molecule has 0 bridgehead atoms. The molecule has 3 amide bonds. The van der Waals surface area contributed by atoms with Crippen molar-refractivity contribution < 1.29 is 19.1 Å². The Hall–Kier alpha value is -3.16. The molecule has 1 aromatic carbocycles. The minimum absolute atomic E-state index is 0.296. The van der Waals surface area contributed by atoms with E-state index < -0.39 is 5.92 Å². The number of fused-ring (bicyclic) bond motifs is 1. The first kappa shape index (κ1) is 20.6. The van der Waals surface area contributed by atoms with Crippen LogP contribution in [0.25, 0.3) is 0 Å². The van der Waals surface area contributed by atoms with E-state index in [1.807, 2.05) is 25.1 Å². The number of hydrogen-bond acceptors (Lipinski definition) is 6. The third-order valence-electron chi connectivity index (χ3n) is 5.22. The molecular formula is C21H26N4O4. The van der Waals surface area contributed by atoms with E-state index in [1.165, 1.54) is 11.9 Å². The fourth-order valence-corrected chi connectivity index (χ4v) is 3.52. The number of amidine groups is 1. The molecule has 0 saturated carbocycles. The third-order valence-corrected chi connectivity index (χ3v) is 5.22. The lowest BCUT2D eigenvalue weighted by molar-refractivity contribution is -0.128. The van der Waals surface area contributed by atoms with Crippen molar-refractivity contribution in [2.45, 2.75) is 19.8 Å². The van der Waals surface area contributed by atoms with Crippen LogP contribution in [-0.2, 0) is 11.2 Å². The smallest absolute Gasteiger partial charge is 0.331 e. The van der Waals surface area contributed by atoms with Crippen LogP contribution in [-0.4, -0.2) is 68.1 Å². The Morgan fingerprint density at radius 3 is 2.48 bits per heavy atom. The van der Waals surface area contributed by atoms with Crippen molar-refractivity contribution in [3.63, 3.8) is 0 Å². The van der Waals surface area contributed by atoms with Crippen LogP contribution in [0.5, 0.6) is 11.5 Å². The SMILES string of the molecule is CCC1=CN=C2C(C(=O)N(C)C(=O)N2C)C1=NCCc1ccc(OC)c(OC)c1. The number of urea groups is 1. The Morgan fingerprint density at radius 2 is 1.83 bits per heavy atom. The van der Waals surface area contributed by atoms with E-state index in [1.54, 1.807) is 27.5 Å². The van der Waals surface area contributed by atoms with Gasteiger partial charge in [0.15, 0.2) is 11.5 Å². The van der Waals surface area contributed by atoms with Gasteiger partial charge in [-0.3, -0.25) is 19.6 Å². The molecule has 1 unspecified atom stereocenters. The highest BCUT2D eigenvalue weighted by molar-refractivity contribution is 6.33. The molecule has 1 saturated heterocycles. The maximum atomic E-state index is 12.8. The van der Waals surface area contributed by atoms with E-state index in [0.29, 0.717) is 42.4 Å². The second-order valence-corrected chi connectivity index (χ2v) is 6.87. The lowest BCUT2D eigenvalue weighted by Gasteiger charge is -2.37. The molecule has 0 aromatic heterocycles. The molecule has 8 heteroatoms. The Labute approximate surface area is 170 Å². The molecule has 1 fully saturated rings. The number of allylic oxidation sites excluding steroid dienone is 1. The topological polar surface area (TPSA) is 83.8 Å². The number of hydrogen-bond donors (Lipinski definition) is 0. The summed E-state index contributed by atoms with van der Waals surface area (Å²) in [5.41, 5.74) is 2.66. The number of aliphatic imine (C=N–C) groups is 2. The first-order chi connectivity index (χ1) is 13.9. The van der Waals surface area contributed by atoms with Crippen molar-refractivity contribution in [3.05, 3.63) is 35.5 Å². The van der Waals surface area contributed by atoms with Gasteiger partial charge in [0.25, 0.3) is 0 Å². The van der Waals surface area contributed by atoms with Crippen molar-refractivity contribution in [2.75, 3.05) is 34.9 Å². The molecule has 8 nitrogen and oxygen atoms in total. The van der Waals surface area contributed by atoms with Crippen molar-refractivity contribution in [2.24, 2.45) is 15.9 Å². The van der Waals surface area contributed by atoms with Gasteiger partial charge in [0.2, 0.25) is 5.91 Å². The molecule has 0 spiro atoms. The summed E-state index contributed by atoms with van der Waals surface area (Å²) < 4.78 is 10.6. The van der Waals surface area contributed by atoms with Crippen LogP contribution >= 0.6 is 0 Å². The van der Waals surface area contributed by atoms with Gasteiger partial charge in [-0.2, -0.15) is 0 Å². The quantitative estimate of drug-likeness (QED) is 0.737. The molecule has 0 N–H and O–H groups in total. The van der Waals surface area contributed by atoms with Crippen LogP contribution in [0.4, 0.5) is 4.79 Å². The predicted octanol–water partition coefficient (Wildman–Crippen LogP) is 2.53. The van der Waals surface area contributed by atoms with Crippen LogP contribution in [0.15, 0.2) is 40.0 Å². The van der Waals surface area contributed by atoms with Crippen molar-refractivity contribution >= 4 is 23.5 Å². The molecule has 1 aromatic rings.